The van der Waals surface area contributed by atoms with E-state index in [1.165, 1.54) is 6.07 Å². The van der Waals surface area contributed by atoms with Crippen LogP contribution in [0.1, 0.15) is 5.56 Å². The average Bonchev–Trinajstić information content (AvgIpc) is 3.23. The number of aromatic nitrogens is 2. The summed E-state index contributed by atoms with van der Waals surface area (Å²) in [5.41, 5.74) is 3.68. The molecule has 6 nitrogen and oxygen atoms in total. The second kappa shape index (κ2) is 9.17. The number of hydrogen-bond acceptors (Lipinski definition) is 4. The summed E-state index contributed by atoms with van der Waals surface area (Å²) in [5.74, 6) is 0.0919. The first kappa shape index (κ1) is 20.2. The Labute approximate surface area is 180 Å². The molecule has 3 aromatic carbocycles. The largest absolute Gasteiger partial charge is 0.504 e. The highest BCUT2D eigenvalue weighted by atomic mass is 16.5. The Balaban J connectivity index is 1.54. The third kappa shape index (κ3) is 4.75. The van der Waals surface area contributed by atoms with Gasteiger partial charge in [-0.3, -0.25) is 4.79 Å². The summed E-state index contributed by atoms with van der Waals surface area (Å²) >= 11 is 0. The van der Waals surface area contributed by atoms with Gasteiger partial charge in [-0.2, -0.15) is 5.10 Å². The van der Waals surface area contributed by atoms with Gasteiger partial charge in [0.05, 0.1) is 11.4 Å². The fraction of sp³-hybridized carbons (Fsp3) is 0.120. The standard InChI is InChI=1S/C25H23N3O3/c1-27(24(30)18-31-23-15-9-8-14-22(23)29)16-20-17-28(21-12-6-3-7-13-21)26-25(20)19-10-4-2-5-11-19/h2-15,17,29H,16,18H2,1H3. The Morgan fingerprint density at radius 2 is 1.61 bits per heavy atom. The molecule has 0 aliphatic heterocycles. The van der Waals surface area contributed by atoms with Crippen LogP contribution in [0.25, 0.3) is 16.9 Å². The number of hydrogen-bond donors (Lipinski definition) is 1. The lowest BCUT2D eigenvalue weighted by molar-refractivity contribution is -0.132. The SMILES string of the molecule is CN(Cc1cn(-c2ccccc2)nc1-c1ccccc1)C(=O)COc1ccccc1O. The van der Waals surface area contributed by atoms with Crippen molar-refractivity contribution < 1.29 is 14.6 Å². The van der Waals surface area contributed by atoms with Gasteiger partial charge in [-0.25, -0.2) is 4.68 Å². The molecule has 0 saturated carbocycles. The number of likely N-dealkylation sites (N-methyl/N-ethyl adjacent to an activating group) is 1. The Kier molecular flexibility index (Phi) is 5.98. The molecule has 1 heterocycles. The number of phenolic OH excluding ortho intramolecular Hbond substituents is 1. The maximum absolute atomic E-state index is 12.6. The molecule has 4 rings (SSSR count). The highest BCUT2D eigenvalue weighted by Gasteiger charge is 2.17. The molecule has 6 heteroatoms. The molecule has 1 aromatic heterocycles. The fourth-order valence-electron chi connectivity index (χ4n) is 3.25. The highest BCUT2D eigenvalue weighted by molar-refractivity contribution is 5.78. The van der Waals surface area contributed by atoms with Crippen molar-refractivity contribution in [2.24, 2.45) is 0 Å². The predicted molar refractivity (Wildman–Crippen MR) is 119 cm³/mol. The van der Waals surface area contributed by atoms with Crippen molar-refractivity contribution in [2.45, 2.75) is 6.54 Å². The predicted octanol–water partition coefficient (Wildman–Crippen LogP) is 4.28. The minimum absolute atomic E-state index is 0.00783. The number of rotatable bonds is 7. The number of carbonyl (C=O) groups excluding carboxylic acids is 1. The van der Waals surface area contributed by atoms with Gasteiger partial charge in [-0.05, 0) is 24.3 Å². The third-order valence-electron chi connectivity index (χ3n) is 4.91. The number of benzene rings is 3. The van der Waals surface area contributed by atoms with Crippen molar-refractivity contribution in [3.05, 3.63) is 96.7 Å². The summed E-state index contributed by atoms with van der Waals surface area (Å²) in [4.78, 5) is 14.2. The first-order chi connectivity index (χ1) is 15.1. The van der Waals surface area contributed by atoms with Crippen molar-refractivity contribution in [1.29, 1.82) is 0 Å². The molecule has 0 unspecified atom stereocenters. The maximum atomic E-state index is 12.6. The molecule has 0 radical (unpaired) electrons. The molecule has 31 heavy (non-hydrogen) atoms. The fourth-order valence-corrected chi connectivity index (χ4v) is 3.25. The minimum atomic E-state index is -0.199. The third-order valence-corrected chi connectivity index (χ3v) is 4.91. The topological polar surface area (TPSA) is 67.6 Å². The van der Waals surface area contributed by atoms with Crippen molar-refractivity contribution >= 4 is 5.91 Å². The maximum Gasteiger partial charge on any atom is 0.260 e. The number of phenols is 1. The van der Waals surface area contributed by atoms with Crippen LogP contribution in [0.2, 0.25) is 0 Å². The van der Waals surface area contributed by atoms with Gasteiger partial charge in [0.15, 0.2) is 18.1 Å². The van der Waals surface area contributed by atoms with Gasteiger partial charge in [0, 0.05) is 30.9 Å². The zero-order chi connectivity index (χ0) is 21.6. The van der Waals surface area contributed by atoms with E-state index in [1.54, 1.807) is 30.1 Å². The van der Waals surface area contributed by atoms with Crippen LogP contribution in [0.15, 0.2) is 91.1 Å². The number of amides is 1. The average molecular weight is 413 g/mol. The lowest BCUT2D eigenvalue weighted by atomic mass is 10.1. The van der Waals surface area contributed by atoms with E-state index in [-0.39, 0.29) is 24.0 Å². The zero-order valence-electron chi connectivity index (χ0n) is 17.2. The number of carbonyl (C=O) groups is 1. The van der Waals surface area contributed by atoms with E-state index in [0.29, 0.717) is 6.54 Å². The van der Waals surface area contributed by atoms with E-state index >= 15 is 0 Å². The van der Waals surface area contributed by atoms with Crippen molar-refractivity contribution in [3.63, 3.8) is 0 Å². The Morgan fingerprint density at radius 3 is 2.32 bits per heavy atom. The molecule has 0 aliphatic carbocycles. The molecular formula is C25H23N3O3. The molecule has 0 atom stereocenters. The number of nitrogens with zero attached hydrogens (tertiary/aromatic N) is 3. The van der Waals surface area contributed by atoms with Gasteiger partial charge < -0.3 is 14.7 Å². The normalized spacial score (nSPS) is 10.6. The molecule has 0 spiro atoms. The van der Waals surface area contributed by atoms with E-state index in [2.05, 4.69) is 0 Å². The summed E-state index contributed by atoms with van der Waals surface area (Å²) in [5, 5.41) is 14.6. The Hall–Kier alpha value is -4.06. The van der Waals surface area contributed by atoms with Crippen LogP contribution in [0.4, 0.5) is 0 Å². The van der Waals surface area contributed by atoms with Gasteiger partial charge in [-0.1, -0.05) is 60.7 Å². The van der Waals surface area contributed by atoms with Gasteiger partial charge in [-0.15, -0.1) is 0 Å². The molecule has 0 bridgehead atoms. The van der Waals surface area contributed by atoms with Gasteiger partial charge in [0.25, 0.3) is 5.91 Å². The second-order valence-corrected chi connectivity index (χ2v) is 7.16. The Bertz CT molecular complexity index is 1160. The number of ether oxygens (including phenoxy) is 1. The van der Waals surface area contributed by atoms with Crippen LogP contribution < -0.4 is 4.74 Å². The van der Waals surface area contributed by atoms with Crippen molar-refractivity contribution in [1.82, 2.24) is 14.7 Å². The summed E-state index contributed by atoms with van der Waals surface area (Å²) in [6.45, 7) is 0.210. The minimum Gasteiger partial charge on any atom is -0.504 e. The molecule has 156 valence electrons. The summed E-state index contributed by atoms with van der Waals surface area (Å²) in [7, 11) is 1.73. The van der Waals surface area contributed by atoms with E-state index in [0.717, 1.165) is 22.5 Å². The first-order valence-electron chi connectivity index (χ1n) is 9.96. The monoisotopic (exact) mass is 413 g/mol. The summed E-state index contributed by atoms with van der Waals surface area (Å²) in [6.07, 6.45) is 1.95. The van der Waals surface area contributed by atoms with E-state index in [1.807, 2.05) is 71.5 Å². The van der Waals surface area contributed by atoms with Gasteiger partial charge in [0.1, 0.15) is 0 Å². The van der Waals surface area contributed by atoms with Crippen LogP contribution in [0.5, 0.6) is 11.5 Å². The molecule has 0 fully saturated rings. The first-order valence-corrected chi connectivity index (χ1v) is 9.96. The van der Waals surface area contributed by atoms with E-state index in [9.17, 15) is 9.90 Å². The molecule has 1 N–H and O–H groups in total. The molecule has 0 aliphatic rings. The number of para-hydroxylation sites is 3. The van der Waals surface area contributed by atoms with Crippen molar-refractivity contribution in [3.8, 4) is 28.4 Å². The van der Waals surface area contributed by atoms with Crippen LogP contribution in [-0.2, 0) is 11.3 Å². The summed E-state index contributed by atoms with van der Waals surface area (Å²) in [6, 6.07) is 26.4. The smallest absolute Gasteiger partial charge is 0.260 e. The molecule has 0 saturated heterocycles. The number of aromatic hydroxyl groups is 1. The van der Waals surface area contributed by atoms with Gasteiger partial charge in [0.2, 0.25) is 0 Å². The van der Waals surface area contributed by atoms with Gasteiger partial charge >= 0.3 is 0 Å². The van der Waals surface area contributed by atoms with Crippen LogP contribution in [0, 0.1) is 0 Å². The van der Waals surface area contributed by atoms with E-state index < -0.39 is 0 Å². The lowest BCUT2D eigenvalue weighted by Crippen LogP contribution is -2.31. The lowest BCUT2D eigenvalue weighted by Gasteiger charge is -2.17. The molecular weight excluding hydrogens is 390 g/mol. The van der Waals surface area contributed by atoms with Crippen molar-refractivity contribution in [2.75, 3.05) is 13.7 Å². The Morgan fingerprint density at radius 1 is 0.968 bits per heavy atom. The van der Waals surface area contributed by atoms with Crippen LogP contribution in [0.3, 0.4) is 0 Å². The highest BCUT2D eigenvalue weighted by Crippen LogP contribution is 2.26. The van der Waals surface area contributed by atoms with E-state index in [4.69, 9.17) is 9.84 Å². The van der Waals surface area contributed by atoms with Crippen LogP contribution >= 0.6 is 0 Å². The summed E-state index contributed by atoms with van der Waals surface area (Å²) < 4.78 is 7.31. The second-order valence-electron chi connectivity index (χ2n) is 7.16. The quantitative estimate of drug-likeness (QED) is 0.491. The van der Waals surface area contributed by atoms with Crippen LogP contribution in [-0.4, -0.2) is 39.3 Å². The zero-order valence-corrected chi connectivity index (χ0v) is 17.2. The molecule has 1 amide bonds. The molecule has 4 aromatic rings.